The van der Waals surface area contributed by atoms with Crippen LogP contribution in [0.1, 0.15) is 19.4 Å². The number of amides is 2. The number of nitrogens with one attached hydrogen (secondary N) is 1. The molecule has 20 heavy (non-hydrogen) atoms. The van der Waals surface area contributed by atoms with Crippen LogP contribution in [0.2, 0.25) is 0 Å². The summed E-state index contributed by atoms with van der Waals surface area (Å²) in [5, 5.41) is 3.65. The molecule has 0 aliphatic carbocycles. The van der Waals surface area contributed by atoms with Gasteiger partial charge in [0.15, 0.2) is 11.5 Å². The maximum Gasteiger partial charge on any atom is 0.329 e. The zero-order valence-electron chi connectivity index (χ0n) is 11.5. The van der Waals surface area contributed by atoms with Gasteiger partial charge in [0.25, 0.3) is 0 Å². The Morgan fingerprint density at radius 1 is 1.40 bits per heavy atom. The van der Waals surface area contributed by atoms with Gasteiger partial charge in [-0.2, -0.15) is 5.10 Å². The van der Waals surface area contributed by atoms with Gasteiger partial charge >= 0.3 is 11.8 Å². The number of carbonyl (C=O) groups excluding carboxylic acids is 2. The van der Waals surface area contributed by atoms with E-state index in [0.717, 1.165) is 0 Å². The maximum absolute atomic E-state index is 11.0. The third-order valence-corrected chi connectivity index (χ3v) is 2.18. The molecule has 0 unspecified atom stereocenters. The standard InChI is InChI=1S/C13H17N3O4/c1-8(2)20-11-9(5-4-6-10(11)19-3)7-15-16-13(18)12(14)17/h4-8H,1-3H3,(H2,14,17)(H,16,18)/b15-7-. The van der Waals surface area contributed by atoms with E-state index in [-0.39, 0.29) is 6.10 Å². The minimum Gasteiger partial charge on any atom is -0.493 e. The number of nitrogens with zero attached hydrogens (tertiary/aromatic N) is 1. The average Bonchev–Trinajstić information content (AvgIpc) is 2.39. The van der Waals surface area contributed by atoms with Gasteiger partial charge in [0.1, 0.15) is 0 Å². The highest BCUT2D eigenvalue weighted by Gasteiger charge is 2.11. The molecule has 0 fully saturated rings. The van der Waals surface area contributed by atoms with Crippen molar-refractivity contribution in [1.82, 2.24) is 5.43 Å². The van der Waals surface area contributed by atoms with Crippen LogP contribution in [0.4, 0.5) is 0 Å². The van der Waals surface area contributed by atoms with Gasteiger partial charge in [-0.05, 0) is 26.0 Å². The van der Waals surface area contributed by atoms with E-state index in [4.69, 9.17) is 15.2 Å². The second-order valence-electron chi connectivity index (χ2n) is 4.11. The third-order valence-electron chi connectivity index (χ3n) is 2.18. The van der Waals surface area contributed by atoms with E-state index in [9.17, 15) is 9.59 Å². The molecule has 0 aromatic heterocycles. The molecule has 1 aromatic rings. The first kappa shape index (κ1) is 15.5. The van der Waals surface area contributed by atoms with Crippen molar-refractivity contribution in [2.75, 3.05) is 7.11 Å². The first-order valence-electron chi connectivity index (χ1n) is 5.92. The number of hydrogen-bond acceptors (Lipinski definition) is 5. The summed E-state index contributed by atoms with van der Waals surface area (Å²) in [6.45, 7) is 3.75. The molecule has 0 heterocycles. The first-order chi connectivity index (χ1) is 9.45. The van der Waals surface area contributed by atoms with E-state index in [1.54, 1.807) is 18.2 Å². The Morgan fingerprint density at radius 3 is 2.65 bits per heavy atom. The number of rotatable bonds is 5. The Labute approximate surface area is 116 Å². The van der Waals surface area contributed by atoms with Crippen LogP contribution in [-0.2, 0) is 9.59 Å². The van der Waals surface area contributed by atoms with Gasteiger partial charge in [-0.15, -0.1) is 0 Å². The number of hydrazone groups is 1. The van der Waals surface area contributed by atoms with Crippen molar-refractivity contribution >= 4 is 18.0 Å². The van der Waals surface area contributed by atoms with Gasteiger partial charge < -0.3 is 15.2 Å². The largest absolute Gasteiger partial charge is 0.493 e. The fraction of sp³-hybridized carbons (Fsp3) is 0.308. The highest BCUT2D eigenvalue weighted by Crippen LogP contribution is 2.30. The van der Waals surface area contributed by atoms with Crippen LogP contribution in [0.5, 0.6) is 11.5 Å². The molecule has 0 saturated heterocycles. The topological polar surface area (TPSA) is 103 Å². The SMILES string of the molecule is COc1cccc(/C=N\NC(=O)C(N)=O)c1OC(C)C. The van der Waals surface area contributed by atoms with Gasteiger partial charge in [-0.3, -0.25) is 9.59 Å². The summed E-state index contributed by atoms with van der Waals surface area (Å²) < 4.78 is 10.9. The summed E-state index contributed by atoms with van der Waals surface area (Å²) in [7, 11) is 1.53. The van der Waals surface area contributed by atoms with E-state index in [1.165, 1.54) is 13.3 Å². The summed E-state index contributed by atoms with van der Waals surface area (Å²) >= 11 is 0. The van der Waals surface area contributed by atoms with E-state index in [0.29, 0.717) is 17.1 Å². The number of primary amides is 1. The van der Waals surface area contributed by atoms with Gasteiger partial charge in [-0.1, -0.05) is 6.07 Å². The lowest BCUT2D eigenvalue weighted by Crippen LogP contribution is -2.32. The lowest BCUT2D eigenvalue weighted by atomic mass is 10.2. The molecule has 0 aliphatic heterocycles. The summed E-state index contributed by atoms with van der Waals surface area (Å²) in [5.41, 5.74) is 7.40. The molecular weight excluding hydrogens is 262 g/mol. The molecule has 0 aliphatic rings. The van der Waals surface area contributed by atoms with E-state index in [2.05, 4.69) is 5.10 Å². The maximum atomic E-state index is 11.0. The predicted octanol–water partition coefficient (Wildman–Crippen LogP) is 0.418. The Morgan fingerprint density at radius 2 is 2.10 bits per heavy atom. The Bertz CT molecular complexity index is 526. The van der Waals surface area contributed by atoms with Gasteiger partial charge in [0.2, 0.25) is 0 Å². The number of ether oxygens (including phenoxy) is 2. The third kappa shape index (κ3) is 4.27. The molecule has 1 aromatic carbocycles. The lowest BCUT2D eigenvalue weighted by Gasteiger charge is -2.15. The lowest BCUT2D eigenvalue weighted by molar-refractivity contribution is -0.137. The van der Waals surface area contributed by atoms with Crippen LogP contribution < -0.4 is 20.6 Å². The molecular formula is C13H17N3O4. The van der Waals surface area contributed by atoms with E-state index >= 15 is 0 Å². The van der Waals surface area contributed by atoms with Crippen LogP contribution in [-0.4, -0.2) is 31.2 Å². The highest BCUT2D eigenvalue weighted by molar-refractivity contribution is 6.34. The Kier molecular flexibility index (Phi) is 5.52. The fourth-order valence-corrected chi connectivity index (χ4v) is 1.37. The molecule has 2 amide bonds. The van der Waals surface area contributed by atoms with E-state index < -0.39 is 11.8 Å². The second kappa shape index (κ2) is 7.13. The molecule has 3 N–H and O–H groups in total. The molecule has 7 heteroatoms. The molecule has 0 spiro atoms. The predicted molar refractivity (Wildman–Crippen MR) is 73.7 cm³/mol. The molecule has 0 bridgehead atoms. The second-order valence-corrected chi connectivity index (χ2v) is 4.11. The molecule has 7 nitrogen and oxygen atoms in total. The highest BCUT2D eigenvalue weighted by atomic mass is 16.5. The van der Waals surface area contributed by atoms with E-state index in [1.807, 2.05) is 19.3 Å². The van der Waals surface area contributed by atoms with Crippen molar-refractivity contribution < 1.29 is 19.1 Å². The van der Waals surface area contributed by atoms with Crippen LogP contribution in [0.25, 0.3) is 0 Å². The van der Waals surface area contributed by atoms with Gasteiger partial charge in [0, 0.05) is 5.56 Å². The quantitative estimate of drug-likeness (QED) is 0.463. The zero-order valence-corrected chi connectivity index (χ0v) is 11.5. The molecule has 108 valence electrons. The van der Waals surface area contributed by atoms with Crippen molar-refractivity contribution in [3.05, 3.63) is 23.8 Å². The van der Waals surface area contributed by atoms with Gasteiger partial charge in [0.05, 0.1) is 19.4 Å². The summed E-state index contributed by atoms with van der Waals surface area (Å²) in [6.07, 6.45) is 1.29. The van der Waals surface area contributed by atoms with Crippen molar-refractivity contribution in [3.63, 3.8) is 0 Å². The number of carbonyl (C=O) groups is 2. The molecule has 0 atom stereocenters. The monoisotopic (exact) mass is 279 g/mol. The van der Waals surface area contributed by atoms with Crippen LogP contribution in [0.3, 0.4) is 0 Å². The molecule has 0 saturated carbocycles. The smallest absolute Gasteiger partial charge is 0.329 e. The van der Waals surface area contributed by atoms with Crippen LogP contribution >= 0.6 is 0 Å². The number of methoxy groups -OCH3 is 1. The number of benzene rings is 1. The van der Waals surface area contributed by atoms with Crippen molar-refractivity contribution in [2.24, 2.45) is 10.8 Å². The average molecular weight is 279 g/mol. The zero-order chi connectivity index (χ0) is 15.1. The summed E-state index contributed by atoms with van der Waals surface area (Å²) in [6, 6.07) is 5.24. The van der Waals surface area contributed by atoms with Crippen molar-refractivity contribution in [1.29, 1.82) is 0 Å². The molecule has 1 rings (SSSR count). The minimum absolute atomic E-state index is 0.0568. The number of para-hydroxylation sites is 1. The van der Waals surface area contributed by atoms with Crippen LogP contribution in [0.15, 0.2) is 23.3 Å². The first-order valence-corrected chi connectivity index (χ1v) is 5.92. The molecule has 0 radical (unpaired) electrons. The minimum atomic E-state index is -1.11. The summed E-state index contributed by atoms with van der Waals surface area (Å²) in [5.74, 6) is -1.05. The van der Waals surface area contributed by atoms with Crippen LogP contribution in [0, 0.1) is 0 Å². The fourth-order valence-electron chi connectivity index (χ4n) is 1.37. The van der Waals surface area contributed by atoms with Crippen molar-refractivity contribution in [2.45, 2.75) is 20.0 Å². The Balaban J connectivity index is 2.96. The summed E-state index contributed by atoms with van der Waals surface area (Å²) in [4.78, 5) is 21.5. The number of hydrogen-bond donors (Lipinski definition) is 2. The Hall–Kier alpha value is -2.57. The van der Waals surface area contributed by atoms with Gasteiger partial charge in [-0.25, -0.2) is 5.43 Å². The van der Waals surface area contributed by atoms with Crippen molar-refractivity contribution in [3.8, 4) is 11.5 Å². The number of nitrogens with two attached hydrogens (primary N) is 1. The normalized spacial score (nSPS) is 10.6.